The third kappa shape index (κ3) is 2.25. The molecule has 0 saturated heterocycles. The highest BCUT2D eigenvalue weighted by Crippen LogP contribution is 2.52. The average Bonchev–Trinajstić information content (AvgIpc) is 3.18. The molecule has 1 aliphatic heterocycles. The maximum atomic E-state index is 12.8. The van der Waals surface area contributed by atoms with Crippen LogP contribution in [0.3, 0.4) is 0 Å². The second-order valence-electron chi connectivity index (χ2n) is 4.22. The first-order valence-corrected chi connectivity index (χ1v) is 5.39. The van der Waals surface area contributed by atoms with Crippen molar-refractivity contribution in [2.75, 3.05) is 0 Å². The van der Waals surface area contributed by atoms with Crippen LogP contribution in [0.2, 0.25) is 0 Å². The van der Waals surface area contributed by atoms with E-state index in [0.29, 0.717) is 0 Å². The lowest BCUT2D eigenvalue weighted by Gasteiger charge is -2.18. The van der Waals surface area contributed by atoms with Crippen molar-refractivity contribution in [1.29, 1.82) is 0 Å². The van der Waals surface area contributed by atoms with Crippen LogP contribution in [0.25, 0.3) is 0 Å². The Labute approximate surface area is 110 Å². The number of hydrogen-bond donors (Lipinski definition) is 3. The summed E-state index contributed by atoms with van der Waals surface area (Å²) < 4.78 is 38.4. The summed E-state index contributed by atoms with van der Waals surface area (Å²) >= 11 is 0. The molecule has 0 saturated carbocycles. The van der Waals surface area contributed by atoms with Gasteiger partial charge in [-0.25, -0.2) is 4.79 Å². The molecule has 2 unspecified atom stereocenters. The van der Waals surface area contributed by atoms with Crippen molar-refractivity contribution in [3.8, 4) is 0 Å². The minimum atomic E-state index is -4.72. The Morgan fingerprint density at radius 2 is 1.85 bits per heavy atom. The summed E-state index contributed by atoms with van der Waals surface area (Å²) in [6.45, 7) is 0. The topological polar surface area (TPSA) is 102 Å². The number of aliphatic hydroxyl groups excluding tert-OH is 2. The van der Waals surface area contributed by atoms with Gasteiger partial charge in [0.25, 0.3) is 0 Å². The van der Waals surface area contributed by atoms with E-state index in [2.05, 4.69) is 10.2 Å². The van der Waals surface area contributed by atoms with E-state index in [1.807, 2.05) is 0 Å². The zero-order valence-corrected chi connectivity index (χ0v) is 9.74. The highest BCUT2D eigenvalue weighted by atomic mass is 19.4. The van der Waals surface area contributed by atoms with Gasteiger partial charge in [-0.15, -0.1) is 10.2 Å². The van der Waals surface area contributed by atoms with Crippen molar-refractivity contribution in [2.24, 2.45) is 10.2 Å². The van der Waals surface area contributed by atoms with Gasteiger partial charge in [-0.1, -0.05) is 18.2 Å². The average molecular weight is 290 g/mol. The smallest absolute Gasteiger partial charge is 0.442 e. The van der Waals surface area contributed by atoms with E-state index in [0.717, 1.165) is 12.1 Å². The molecule has 2 rings (SSSR count). The van der Waals surface area contributed by atoms with E-state index in [1.54, 1.807) is 0 Å². The van der Waals surface area contributed by atoms with Gasteiger partial charge >= 0.3 is 17.8 Å². The van der Waals surface area contributed by atoms with Crippen LogP contribution in [0.1, 0.15) is 17.2 Å². The minimum absolute atomic E-state index is 0.168. The standard InChI is InChI=1S/C11H9F3N2O4/c12-11(13,14)10(15-16-10)6-3-1-2-5(4-6)7(17)8(18)9(19)20/h1-4,7-8,17-18H,(H,19,20). The first-order chi connectivity index (χ1) is 9.19. The molecule has 3 N–H and O–H groups in total. The Bertz CT molecular complexity index is 567. The molecule has 2 atom stereocenters. The van der Waals surface area contributed by atoms with Gasteiger partial charge in [0.15, 0.2) is 6.10 Å². The van der Waals surface area contributed by atoms with Crippen LogP contribution >= 0.6 is 0 Å². The number of hydrogen-bond acceptors (Lipinski definition) is 5. The molecule has 1 aromatic rings. The number of halogens is 3. The summed E-state index contributed by atoms with van der Waals surface area (Å²) in [5.74, 6) is -1.69. The summed E-state index contributed by atoms with van der Waals surface area (Å²) in [6, 6.07) is 4.42. The molecule has 0 radical (unpaired) electrons. The molecule has 0 aliphatic carbocycles. The van der Waals surface area contributed by atoms with Crippen molar-refractivity contribution in [2.45, 2.75) is 24.0 Å². The molecular formula is C11H9F3N2O4. The minimum Gasteiger partial charge on any atom is -0.479 e. The maximum Gasteiger partial charge on any atom is 0.442 e. The number of nitrogens with zero attached hydrogens (tertiary/aromatic N) is 2. The fourth-order valence-corrected chi connectivity index (χ4v) is 1.70. The van der Waals surface area contributed by atoms with Crippen LogP contribution in [0, 0.1) is 0 Å². The van der Waals surface area contributed by atoms with E-state index in [-0.39, 0.29) is 11.1 Å². The predicted molar refractivity (Wildman–Crippen MR) is 57.6 cm³/mol. The first kappa shape index (κ1) is 14.4. The molecular weight excluding hydrogens is 281 g/mol. The van der Waals surface area contributed by atoms with Gasteiger partial charge in [-0.3, -0.25) is 0 Å². The van der Waals surface area contributed by atoms with Crippen LogP contribution in [-0.4, -0.2) is 33.6 Å². The first-order valence-electron chi connectivity index (χ1n) is 5.39. The number of aliphatic hydroxyl groups is 2. The van der Waals surface area contributed by atoms with E-state index >= 15 is 0 Å². The van der Waals surface area contributed by atoms with Gasteiger partial charge in [0.1, 0.15) is 6.10 Å². The van der Waals surface area contributed by atoms with Gasteiger partial charge < -0.3 is 15.3 Å². The second kappa shape index (κ2) is 4.53. The summed E-state index contributed by atoms with van der Waals surface area (Å²) in [7, 11) is 0. The summed E-state index contributed by atoms with van der Waals surface area (Å²) in [6.07, 6.45) is -8.71. The molecule has 0 amide bonds. The maximum absolute atomic E-state index is 12.8. The van der Waals surface area contributed by atoms with Crippen molar-refractivity contribution < 1.29 is 33.3 Å². The van der Waals surface area contributed by atoms with Gasteiger partial charge in [0, 0.05) is 5.56 Å². The lowest BCUT2D eigenvalue weighted by molar-refractivity contribution is -0.166. The van der Waals surface area contributed by atoms with Gasteiger partial charge in [-0.05, 0) is 11.6 Å². The Hall–Kier alpha value is -2.00. The number of carboxylic acids is 1. The molecule has 0 aromatic heterocycles. The largest absolute Gasteiger partial charge is 0.479 e. The molecule has 9 heteroatoms. The monoisotopic (exact) mass is 290 g/mol. The van der Waals surface area contributed by atoms with Crippen molar-refractivity contribution in [1.82, 2.24) is 0 Å². The lowest BCUT2D eigenvalue weighted by atomic mass is 9.96. The molecule has 1 aromatic carbocycles. The highest BCUT2D eigenvalue weighted by molar-refractivity contribution is 5.73. The van der Waals surface area contributed by atoms with Crippen molar-refractivity contribution in [3.05, 3.63) is 35.4 Å². The quantitative estimate of drug-likeness (QED) is 0.778. The lowest BCUT2D eigenvalue weighted by Crippen LogP contribution is -2.31. The van der Waals surface area contributed by atoms with Gasteiger partial charge in [-0.2, -0.15) is 13.2 Å². The van der Waals surface area contributed by atoms with E-state index in [4.69, 9.17) is 5.11 Å². The van der Waals surface area contributed by atoms with Crippen molar-refractivity contribution >= 4 is 5.97 Å². The zero-order valence-electron chi connectivity index (χ0n) is 9.74. The molecule has 1 aliphatic rings. The fraction of sp³-hybridized carbons (Fsp3) is 0.364. The van der Waals surface area contributed by atoms with Crippen molar-refractivity contribution in [3.63, 3.8) is 0 Å². The molecule has 0 bridgehead atoms. The normalized spacial score (nSPS) is 19.4. The van der Waals surface area contributed by atoms with Crippen LogP contribution in [0.15, 0.2) is 34.5 Å². The number of benzene rings is 1. The predicted octanol–water partition coefficient (Wildman–Crippen LogP) is 1.35. The number of alkyl halides is 3. The number of carboxylic acid groups (broad SMARTS) is 1. The number of aliphatic carboxylic acids is 1. The Balaban J connectivity index is 2.32. The molecule has 1 heterocycles. The number of rotatable bonds is 4. The summed E-state index contributed by atoms with van der Waals surface area (Å²) in [4.78, 5) is 10.5. The van der Waals surface area contributed by atoms with Crippen LogP contribution in [-0.2, 0) is 10.5 Å². The Morgan fingerprint density at radius 3 is 2.30 bits per heavy atom. The highest BCUT2D eigenvalue weighted by Gasteiger charge is 2.65. The molecule has 6 nitrogen and oxygen atoms in total. The molecule has 0 spiro atoms. The van der Waals surface area contributed by atoms with Crippen LogP contribution in [0.4, 0.5) is 13.2 Å². The van der Waals surface area contributed by atoms with Crippen LogP contribution in [0.5, 0.6) is 0 Å². The van der Waals surface area contributed by atoms with Gasteiger partial charge in [0.05, 0.1) is 0 Å². The molecule has 0 fully saturated rings. The van der Waals surface area contributed by atoms with E-state index < -0.39 is 30.0 Å². The summed E-state index contributed by atoms with van der Waals surface area (Å²) in [5, 5.41) is 33.3. The zero-order chi connectivity index (χ0) is 15.1. The Kier molecular flexibility index (Phi) is 3.26. The summed E-state index contributed by atoms with van der Waals surface area (Å²) in [5.41, 5.74) is -3.17. The Morgan fingerprint density at radius 1 is 1.25 bits per heavy atom. The van der Waals surface area contributed by atoms with Crippen LogP contribution < -0.4 is 0 Å². The second-order valence-corrected chi connectivity index (χ2v) is 4.22. The molecule has 20 heavy (non-hydrogen) atoms. The van der Waals surface area contributed by atoms with E-state index in [9.17, 15) is 28.2 Å². The fourth-order valence-electron chi connectivity index (χ4n) is 1.70. The number of carbonyl (C=O) groups is 1. The SMILES string of the molecule is O=C(O)C(O)C(O)c1cccc(C2(C(F)(F)F)N=N2)c1. The van der Waals surface area contributed by atoms with Gasteiger partial charge in [0.2, 0.25) is 0 Å². The third-order valence-corrected chi connectivity index (χ3v) is 2.88. The molecule has 108 valence electrons. The van der Waals surface area contributed by atoms with E-state index in [1.165, 1.54) is 12.1 Å². The third-order valence-electron chi connectivity index (χ3n) is 2.88.